The first-order valence-electron chi connectivity index (χ1n) is 7.78. The van der Waals surface area contributed by atoms with E-state index in [0.29, 0.717) is 24.7 Å². The van der Waals surface area contributed by atoms with Crippen molar-refractivity contribution >= 4 is 5.97 Å². The lowest BCUT2D eigenvalue weighted by Gasteiger charge is -2.13. The molecule has 0 aliphatic heterocycles. The van der Waals surface area contributed by atoms with Gasteiger partial charge in [0.15, 0.2) is 0 Å². The van der Waals surface area contributed by atoms with E-state index in [4.69, 9.17) is 4.74 Å². The van der Waals surface area contributed by atoms with Crippen molar-refractivity contribution in [3.63, 3.8) is 0 Å². The van der Waals surface area contributed by atoms with Gasteiger partial charge in [0.1, 0.15) is 5.75 Å². The highest BCUT2D eigenvalue weighted by Gasteiger charge is 2.05. The monoisotopic (exact) mass is 295 g/mol. The molecule has 0 bridgehead atoms. The highest BCUT2D eigenvalue weighted by molar-refractivity contribution is 5.69. The van der Waals surface area contributed by atoms with Gasteiger partial charge in [-0.2, -0.15) is 0 Å². The Morgan fingerprint density at radius 1 is 1.29 bits per heavy atom. The molecule has 120 valence electrons. The third-order valence-electron chi connectivity index (χ3n) is 2.95. The molecule has 1 aromatic rings. The smallest absolute Gasteiger partial charge is 0.305 e. The minimum atomic E-state index is -0.129. The average Bonchev–Trinajstić information content (AvgIpc) is 2.49. The van der Waals surface area contributed by atoms with Crippen LogP contribution in [0.3, 0.4) is 0 Å². The molecule has 0 saturated heterocycles. The fourth-order valence-electron chi connectivity index (χ4n) is 1.83. The van der Waals surface area contributed by atoms with Crippen LogP contribution in [0.25, 0.3) is 0 Å². The second kappa shape index (κ2) is 12.2. The van der Waals surface area contributed by atoms with Crippen LogP contribution in [0.2, 0.25) is 0 Å². The summed E-state index contributed by atoms with van der Waals surface area (Å²) in [7, 11) is 0. The minimum absolute atomic E-state index is 0.129. The summed E-state index contributed by atoms with van der Waals surface area (Å²) < 4.78 is 4.86. The van der Waals surface area contributed by atoms with Crippen LogP contribution in [0.5, 0.6) is 5.75 Å². The zero-order chi connectivity index (χ0) is 16.1. The van der Waals surface area contributed by atoms with Crippen molar-refractivity contribution in [1.29, 1.82) is 0 Å². The maximum absolute atomic E-state index is 11.1. The van der Waals surface area contributed by atoms with Crippen molar-refractivity contribution in [2.75, 3.05) is 19.7 Å². The molecule has 1 atom stereocenters. The number of esters is 1. The van der Waals surface area contributed by atoms with E-state index in [2.05, 4.69) is 12.2 Å². The number of carbonyl (C=O) groups excluding carboxylic acids is 1. The number of rotatable bonds is 8. The Kier molecular flexibility index (Phi) is 11.3. The minimum Gasteiger partial charge on any atom is -0.508 e. The molecule has 0 aliphatic rings. The zero-order valence-electron chi connectivity index (χ0n) is 13.7. The van der Waals surface area contributed by atoms with Crippen molar-refractivity contribution < 1.29 is 14.6 Å². The highest BCUT2D eigenvalue weighted by Crippen LogP contribution is 2.17. The molecule has 1 unspecified atom stereocenters. The van der Waals surface area contributed by atoms with Crippen LogP contribution >= 0.6 is 0 Å². The Morgan fingerprint density at radius 3 is 2.48 bits per heavy atom. The maximum Gasteiger partial charge on any atom is 0.305 e. The van der Waals surface area contributed by atoms with E-state index in [9.17, 15) is 9.90 Å². The molecule has 4 nitrogen and oxygen atoms in total. The number of benzene rings is 1. The van der Waals surface area contributed by atoms with Gasteiger partial charge in [-0.3, -0.25) is 4.79 Å². The Bertz CT molecular complexity index is 376. The number of phenolic OH excluding ortho intramolecular Hbond substituents is 1. The molecular weight excluding hydrogens is 266 g/mol. The van der Waals surface area contributed by atoms with E-state index in [0.717, 1.165) is 19.5 Å². The van der Waals surface area contributed by atoms with Gasteiger partial charge in [0.2, 0.25) is 0 Å². The lowest BCUT2D eigenvalue weighted by Crippen LogP contribution is -2.22. The maximum atomic E-state index is 11.1. The van der Waals surface area contributed by atoms with Crippen LogP contribution in [0.15, 0.2) is 24.3 Å². The van der Waals surface area contributed by atoms with Gasteiger partial charge in [-0.15, -0.1) is 0 Å². The van der Waals surface area contributed by atoms with Crippen LogP contribution in [-0.4, -0.2) is 30.8 Å². The third-order valence-corrected chi connectivity index (χ3v) is 2.95. The fourth-order valence-corrected chi connectivity index (χ4v) is 1.83. The van der Waals surface area contributed by atoms with E-state index >= 15 is 0 Å². The third kappa shape index (κ3) is 9.08. The van der Waals surface area contributed by atoms with Crippen LogP contribution in [0.4, 0.5) is 0 Å². The van der Waals surface area contributed by atoms with Crippen LogP contribution < -0.4 is 5.32 Å². The van der Waals surface area contributed by atoms with Gasteiger partial charge >= 0.3 is 5.97 Å². The van der Waals surface area contributed by atoms with Gasteiger partial charge in [0.05, 0.1) is 6.61 Å². The Hall–Kier alpha value is -1.55. The highest BCUT2D eigenvalue weighted by atomic mass is 16.5. The SMILES string of the molecule is CC.CCOC(=O)CCCNCC(C)c1ccc(O)cc1. The van der Waals surface area contributed by atoms with E-state index in [-0.39, 0.29) is 5.97 Å². The number of hydrogen-bond donors (Lipinski definition) is 2. The molecule has 21 heavy (non-hydrogen) atoms. The molecule has 0 spiro atoms. The molecule has 0 amide bonds. The average molecular weight is 295 g/mol. The largest absolute Gasteiger partial charge is 0.508 e. The molecule has 0 fully saturated rings. The topological polar surface area (TPSA) is 58.6 Å². The standard InChI is InChI=1S/C15H23NO3.C2H6/c1-3-19-15(18)5-4-10-16-11-12(2)13-6-8-14(17)9-7-13;1-2/h6-9,12,16-17H,3-5,10-11H2,1-2H3;1-2H3. The van der Waals surface area contributed by atoms with Crippen molar-refractivity contribution in [3.8, 4) is 5.75 Å². The summed E-state index contributed by atoms with van der Waals surface area (Å²) >= 11 is 0. The molecule has 0 radical (unpaired) electrons. The summed E-state index contributed by atoms with van der Waals surface area (Å²) in [5, 5.41) is 12.5. The Labute approximate surface area is 128 Å². The zero-order valence-corrected chi connectivity index (χ0v) is 13.7. The molecule has 1 rings (SSSR count). The summed E-state index contributed by atoms with van der Waals surface area (Å²) in [5.74, 6) is 0.539. The van der Waals surface area contributed by atoms with Gasteiger partial charge in [-0.1, -0.05) is 32.9 Å². The van der Waals surface area contributed by atoms with E-state index in [1.165, 1.54) is 5.56 Å². The Balaban J connectivity index is 0.00000191. The van der Waals surface area contributed by atoms with Crippen molar-refractivity contribution in [1.82, 2.24) is 5.32 Å². The molecule has 1 aromatic carbocycles. The number of phenols is 1. The predicted octanol–water partition coefficient (Wildman–Crippen LogP) is 3.45. The second-order valence-corrected chi connectivity index (χ2v) is 4.61. The quantitative estimate of drug-likeness (QED) is 0.569. The number of ether oxygens (including phenoxy) is 1. The molecule has 4 heteroatoms. The van der Waals surface area contributed by atoms with Gasteiger partial charge in [0, 0.05) is 13.0 Å². The van der Waals surface area contributed by atoms with Gasteiger partial charge in [-0.05, 0) is 43.5 Å². The van der Waals surface area contributed by atoms with Gasteiger partial charge in [0.25, 0.3) is 0 Å². The first-order valence-corrected chi connectivity index (χ1v) is 7.78. The Morgan fingerprint density at radius 2 is 1.90 bits per heavy atom. The van der Waals surface area contributed by atoms with Crippen molar-refractivity contribution in [3.05, 3.63) is 29.8 Å². The van der Waals surface area contributed by atoms with Crippen molar-refractivity contribution in [2.24, 2.45) is 0 Å². The molecular formula is C17H29NO3. The summed E-state index contributed by atoms with van der Waals surface area (Å²) in [6.07, 6.45) is 1.26. The first-order chi connectivity index (χ1) is 10.1. The summed E-state index contributed by atoms with van der Waals surface area (Å²) in [4.78, 5) is 11.1. The van der Waals surface area contributed by atoms with E-state index in [1.807, 2.05) is 32.9 Å². The fraction of sp³-hybridized carbons (Fsp3) is 0.588. The summed E-state index contributed by atoms with van der Waals surface area (Å²) in [5.41, 5.74) is 1.19. The number of hydrogen-bond acceptors (Lipinski definition) is 4. The first kappa shape index (κ1) is 19.4. The van der Waals surface area contributed by atoms with Crippen LogP contribution in [0, 0.1) is 0 Å². The van der Waals surface area contributed by atoms with E-state index < -0.39 is 0 Å². The van der Waals surface area contributed by atoms with Gasteiger partial charge < -0.3 is 15.2 Å². The predicted molar refractivity (Wildman–Crippen MR) is 86.6 cm³/mol. The molecule has 0 saturated carbocycles. The second-order valence-electron chi connectivity index (χ2n) is 4.61. The van der Waals surface area contributed by atoms with Crippen LogP contribution in [0.1, 0.15) is 52.0 Å². The molecule has 0 aromatic heterocycles. The lowest BCUT2D eigenvalue weighted by atomic mass is 10.0. The lowest BCUT2D eigenvalue weighted by molar-refractivity contribution is -0.143. The molecule has 2 N–H and O–H groups in total. The summed E-state index contributed by atoms with van der Waals surface area (Å²) in [6, 6.07) is 7.26. The van der Waals surface area contributed by atoms with Gasteiger partial charge in [-0.25, -0.2) is 0 Å². The van der Waals surface area contributed by atoms with Crippen molar-refractivity contribution in [2.45, 2.75) is 46.5 Å². The van der Waals surface area contributed by atoms with E-state index in [1.54, 1.807) is 12.1 Å². The number of aromatic hydroxyl groups is 1. The molecule has 0 heterocycles. The molecule has 0 aliphatic carbocycles. The van der Waals surface area contributed by atoms with Crippen LogP contribution in [-0.2, 0) is 9.53 Å². The number of carbonyl (C=O) groups is 1. The normalized spacial score (nSPS) is 11.2. The summed E-state index contributed by atoms with van der Waals surface area (Å²) in [6.45, 7) is 10.1. The number of nitrogens with one attached hydrogen (secondary N) is 1.